The highest BCUT2D eigenvalue weighted by atomic mass is 32.1. The van der Waals surface area contributed by atoms with Crippen molar-refractivity contribution in [2.24, 2.45) is 5.10 Å². The molecule has 0 fully saturated rings. The summed E-state index contributed by atoms with van der Waals surface area (Å²) in [6, 6.07) is 8.22. The normalized spacial score (nSPS) is 10.5. The predicted molar refractivity (Wildman–Crippen MR) is 109 cm³/mol. The zero-order chi connectivity index (χ0) is 21.3. The van der Waals surface area contributed by atoms with Crippen LogP contribution in [0.2, 0.25) is 0 Å². The van der Waals surface area contributed by atoms with Gasteiger partial charge in [-0.1, -0.05) is 11.3 Å². The lowest BCUT2D eigenvalue weighted by atomic mass is 10.3. The van der Waals surface area contributed by atoms with Gasteiger partial charge in [0.1, 0.15) is 5.01 Å². The largest absolute Gasteiger partial charge is 0.325 e. The van der Waals surface area contributed by atoms with Gasteiger partial charge in [-0.25, -0.2) is 10.2 Å². The van der Waals surface area contributed by atoms with E-state index in [0.717, 1.165) is 16.9 Å². The third-order valence-electron chi connectivity index (χ3n) is 3.44. The fraction of sp³-hybridized carbons (Fsp3) is 0.0588. The van der Waals surface area contributed by atoms with Crippen molar-refractivity contribution in [2.45, 2.75) is 6.42 Å². The highest BCUT2D eigenvalue weighted by molar-refractivity contribution is 7.15. The van der Waals surface area contributed by atoms with E-state index in [9.17, 15) is 19.7 Å². The molecule has 0 radical (unpaired) electrons. The van der Waals surface area contributed by atoms with Crippen LogP contribution in [0.3, 0.4) is 0 Å². The van der Waals surface area contributed by atoms with Crippen molar-refractivity contribution in [1.82, 2.24) is 20.6 Å². The van der Waals surface area contributed by atoms with Crippen LogP contribution in [0.5, 0.6) is 0 Å². The highest BCUT2D eigenvalue weighted by Gasteiger charge is 2.12. The van der Waals surface area contributed by atoms with E-state index in [4.69, 9.17) is 0 Å². The van der Waals surface area contributed by atoms with Gasteiger partial charge in [-0.05, 0) is 29.8 Å². The molecule has 0 saturated carbocycles. The highest BCUT2D eigenvalue weighted by Crippen LogP contribution is 2.18. The van der Waals surface area contributed by atoms with Crippen molar-refractivity contribution in [3.05, 3.63) is 69.5 Å². The van der Waals surface area contributed by atoms with Crippen LogP contribution < -0.4 is 16.1 Å². The smallest absolute Gasteiger partial charge is 0.308 e. The van der Waals surface area contributed by atoms with Crippen molar-refractivity contribution in [2.75, 3.05) is 10.6 Å². The zero-order valence-corrected chi connectivity index (χ0v) is 16.0. The van der Waals surface area contributed by atoms with Crippen LogP contribution in [0.15, 0.2) is 53.9 Å². The Labute approximate surface area is 173 Å². The lowest BCUT2D eigenvalue weighted by Crippen LogP contribution is -2.19. The lowest BCUT2D eigenvalue weighted by Gasteiger charge is -2.04. The topological polar surface area (TPSA) is 164 Å². The number of hydrogen-bond donors (Lipinski definition) is 3. The Hall–Kier alpha value is -4.26. The van der Waals surface area contributed by atoms with Gasteiger partial charge in [-0.2, -0.15) is 5.10 Å². The number of hydrogen-bond acceptors (Lipinski definition) is 9. The molecule has 3 aromatic rings. The van der Waals surface area contributed by atoms with E-state index < -0.39 is 16.9 Å². The Morgan fingerprint density at radius 2 is 1.83 bits per heavy atom. The number of anilines is 2. The summed E-state index contributed by atoms with van der Waals surface area (Å²) in [6.45, 7) is 0. The molecule has 0 spiro atoms. The van der Waals surface area contributed by atoms with Gasteiger partial charge >= 0.3 is 6.03 Å². The molecule has 0 aliphatic rings. The fourth-order valence-electron chi connectivity index (χ4n) is 2.11. The van der Waals surface area contributed by atoms with Gasteiger partial charge in [-0.15, -0.1) is 10.2 Å². The number of benzene rings is 1. The number of aromatic nitrogens is 3. The van der Waals surface area contributed by atoms with E-state index >= 15 is 0 Å². The molecule has 3 rings (SSSR count). The minimum atomic E-state index is -0.599. The molecule has 30 heavy (non-hydrogen) atoms. The number of urea groups is 1. The summed E-state index contributed by atoms with van der Waals surface area (Å²) in [6.07, 6.45) is 4.64. The van der Waals surface area contributed by atoms with Crippen molar-refractivity contribution in [3.8, 4) is 0 Å². The molecule has 0 saturated heterocycles. The molecule has 0 aliphatic carbocycles. The van der Waals surface area contributed by atoms with Gasteiger partial charge in [0.15, 0.2) is 0 Å². The first kappa shape index (κ1) is 20.5. The minimum absolute atomic E-state index is 0.0585. The maximum absolute atomic E-state index is 12.0. The Morgan fingerprint density at radius 3 is 2.53 bits per heavy atom. The molecule has 12 nitrogen and oxygen atoms in total. The van der Waals surface area contributed by atoms with Crippen LogP contribution in [-0.4, -0.2) is 38.3 Å². The third-order valence-corrected chi connectivity index (χ3v) is 4.28. The van der Waals surface area contributed by atoms with Crippen LogP contribution in [0.25, 0.3) is 0 Å². The lowest BCUT2D eigenvalue weighted by molar-refractivity contribution is -0.384. The molecule has 13 heteroatoms. The second-order valence-electron chi connectivity index (χ2n) is 5.63. The van der Waals surface area contributed by atoms with E-state index in [0.29, 0.717) is 10.7 Å². The van der Waals surface area contributed by atoms with Crippen molar-refractivity contribution < 1.29 is 14.5 Å². The minimum Gasteiger partial charge on any atom is -0.308 e. The molecule has 3 N–H and O–H groups in total. The summed E-state index contributed by atoms with van der Waals surface area (Å²) in [5.74, 6) is -0.390. The molecule has 0 unspecified atom stereocenters. The van der Waals surface area contributed by atoms with E-state index in [1.165, 1.54) is 30.5 Å². The van der Waals surface area contributed by atoms with Crippen LogP contribution >= 0.6 is 11.3 Å². The van der Waals surface area contributed by atoms with Crippen molar-refractivity contribution >= 4 is 46.0 Å². The van der Waals surface area contributed by atoms with Gasteiger partial charge in [-0.3, -0.25) is 25.2 Å². The second kappa shape index (κ2) is 9.79. The molecule has 3 amide bonds. The number of nitrogens with zero attached hydrogens (tertiary/aromatic N) is 5. The van der Waals surface area contributed by atoms with E-state index in [1.54, 1.807) is 24.5 Å². The number of hydrazone groups is 1. The summed E-state index contributed by atoms with van der Waals surface area (Å²) in [7, 11) is 0. The van der Waals surface area contributed by atoms with Gasteiger partial charge in [0.2, 0.25) is 11.0 Å². The van der Waals surface area contributed by atoms with Gasteiger partial charge in [0.25, 0.3) is 5.69 Å². The average molecular weight is 426 g/mol. The summed E-state index contributed by atoms with van der Waals surface area (Å²) in [5, 5.41) is 27.7. The summed E-state index contributed by atoms with van der Waals surface area (Å²) in [5.41, 5.74) is 3.44. The standard InChI is InChI=1S/C17H14N8O4S/c26-14(22-19-10-11-5-7-18-8-6-11)9-15-23-24-17(30-15)21-16(27)20-12-1-3-13(4-2-12)25(28)29/h1-8,10H,9H2,(H,22,26)(H2,20,21,24,27)/b19-10-. The average Bonchev–Trinajstić information content (AvgIpc) is 3.15. The number of carbonyl (C=O) groups excluding carboxylic acids is 2. The summed E-state index contributed by atoms with van der Waals surface area (Å²) < 4.78 is 0. The monoisotopic (exact) mass is 426 g/mol. The SMILES string of the molecule is O=C(Cc1nnc(NC(=O)Nc2ccc([N+](=O)[O-])cc2)s1)N/N=C\c1ccncc1. The van der Waals surface area contributed by atoms with Gasteiger partial charge in [0, 0.05) is 30.2 Å². The van der Waals surface area contributed by atoms with Gasteiger partial charge in [0.05, 0.1) is 17.6 Å². The number of rotatable bonds is 7. The molecular formula is C17H14N8O4S. The Kier molecular flexibility index (Phi) is 6.68. The molecule has 0 bridgehead atoms. The fourth-order valence-corrected chi connectivity index (χ4v) is 2.84. The maximum Gasteiger partial charge on any atom is 0.325 e. The van der Waals surface area contributed by atoms with E-state index in [-0.39, 0.29) is 17.2 Å². The molecule has 0 aliphatic heterocycles. The quantitative estimate of drug-likeness (QED) is 0.296. The Bertz CT molecular complexity index is 1070. The van der Waals surface area contributed by atoms with E-state index in [2.05, 4.69) is 36.3 Å². The first-order valence-electron chi connectivity index (χ1n) is 8.36. The number of non-ortho nitro benzene ring substituents is 1. The van der Waals surface area contributed by atoms with E-state index in [1.807, 2.05) is 0 Å². The number of nitro benzene ring substituents is 1. The summed E-state index contributed by atoms with van der Waals surface area (Å²) >= 11 is 1.03. The van der Waals surface area contributed by atoms with Crippen LogP contribution in [0.4, 0.5) is 21.3 Å². The second-order valence-corrected chi connectivity index (χ2v) is 6.70. The number of pyridine rings is 1. The van der Waals surface area contributed by atoms with Crippen LogP contribution in [-0.2, 0) is 11.2 Å². The zero-order valence-electron chi connectivity index (χ0n) is 15.2. The predicted octanol–water partition coefficient (Wildman–Crippen LogP) is 2.18. The molecule has 1 aromatic carbocycles. The van der Waals surface area contributed by atoms with Crippen LogP contribution in [0, 0.1) is 10.1 Å². The number of amides is 3. The Morgan fingerprint density at radius 1 is 1.10 bits per heavy atom. The molecule has 152 valence electrons. The molecule has 0 atom stereocenters. The van der Waals surface area contributed by atoms with Crippen molar-refractivity contribution in [1.29, 1.82) is 0 Å². The third kappa shape index (κ3) is 6.13. The Balaban J connectivity index is 1.47. The summed E-state index contributed by atoms with van der Waals surface area (Å²) in [4.78, 5) is 37.9. The van der Waals surface area contributed by atoms with Crippen molar-refractivity contribution in [3.63, 3.8) is 0 Å². The van der Waals surface area contributed by atoms with Crippen LogP contribution in [0.1, 0.15) is 10.6 Å². The molecular weight excluding hydrogens is 412 g/mol. The first-order chi connectivity index (χ1) is 14.5. The number of nitro groups is 1. The molecule has 2 aromatic heterocycles. The number of carbonyl (C=O) groups is 2. The number of nitrogens with one attached hydrogen (secondary N) is 3. The van der Waals surface area contributed by atoms with Gasteiger partial charge < -0.3 is 5.32 Å². The maximum atomic E-state index is 12.0. The first-order valence-corrected chi connectivity index (χ1v) is 9.18. The molecule has 2 heterocycles.